The predicted octanol–water partition coefficient (Wildman–Crippen LogP) is 2.89. The summed E-state index contributed by atoms with van der Waals surface area (Å²) in [6.45, 7) is 2.17. The SMILES string of the molecule is CN(CC[C@H]1CCCO1)CC(=O)Nc1ccccc1Br. The topological polar surface area (TPSA) is 41.6 Å². The van der Waals surface area contributed by atoms with Gasteiger partial charge in [0.2, 0.25) is 5.91 Å². The van der Waals surface area contributed by atoms with Crippen LogP contribution in [-0.4, -0.2) is 43.7 Å². The summed E-state index contributed by atoms with van der Waals surface area (Å²) >= 11 is 3.42. The van der Waals surface area contributed by atoms with Crippen LogP contribution in [0, 0.1) is 0 Å². The Balaban J connectivity index is 1.72. The number of benzene rings is 1. The molecule has 0 aliphatic carbocycles. The summed E-state index contributed by atoms with van der Waals surface area (Å²) in [5.41, 5.74) is 0.810. The molecule has 0 unspecified atom stereocenters. The maximum Gasteiger partial charge on any atom is 0.238 e. The molecule has 4 nitrogen and oxygen atoms in total. The Kier molecular flexibility index (Phi) is 6.01. The number of nitrogens with zero attached hydrogens (tertiary/aromatic N) is 1. The Morgan fingerprint density at radius 1 is 1.50 bits per heavy atom. The van der Waals surface area contributed by atoms with Gasteiger partial charge < -0.3 is 10.1 Å². The number of likely N-dealkylation sites (N-methyl/N-ethyl adjacent to an activating group) is 1. The van der Waals surface area contributed by atoms with Crippen LogP contribution in [-0.2, 0) is 9.53 Å². The van der Waals surface area contributed by atoms with Crippen LogP contribution in [0.4, 0.5) is 5.69 Å². The number of hydrogen-bond donors (Lipinski definition) is 1. The third-order valence-corrected chi connectivity index (χ3v) is 4.11. The summed E-state index contributed by atoms with van der Waals surface area (Å²) in [7, 11) is 1.97. The van der Waals surface area contributed by atoms with Crippen LogP contribution >= 0.6 is 15.9 Å². The second kappa shape index (κ2) is 7.76. The molecule has 1 N–H and O–H groups in total. The summed E-state index contributed by atoms with van der Waals surface area (Å²) in [5, 5.41) is 2.91. The van der Waals surface area contributed by atoms with Gasteiger partial charge in [0.15, 0.2) is 0 Å². The Morgan fingerprint density at radius 2 is 2.30 bits per heavy atom. The number of para-hydroxylation sites is 1. The molecule has 110 valence electrons. The maximum atomic E-state index is 12.0. The van der Waals surface area contributed by atoms with Gasteiger partial charge in [-0.15, -0.1) is 0 Å². The van der Waals surface area contributed by atoms with Crippen LogP contribution in [0.5, 0.6) is 0 Å². The van der Waals surface area contributed by atoms with E-state index < -0.39 is 0 Å². The van der Waals surface area contributed by atoms with Crippen molar-refractivity contribution in [2.75, 3.05) is 32.1 Å². The fourth-order valence-electron chi connectivity index (χ4n) is 2.31. The lowest BCUT2D eigenvalue weighted by Gasteiger charge is -2.18. The summed E-state index contributed by atoms with van der Waals surface area (Å²) in [5.74, 6) is 0.00624. The van der Waals surface area contributed by atoms with Gasteiger partial charge in [-0.25, -0.2) is 0 Å². The second-order valence-corrected chi connectivity index (χ2v) is 6.04. The average Bonchev–Trinajstić information content (AvgIpc) is 2.92. The first-order valence-electron chi connectivity index (χ1n) is 6.99. The van der Waals surface area contributed by atoms with Gasteiger partial charge in [-0.05, 0) is 54.4 Å². The smallest absolute Gasteiger partial charge is 0.238 e. The molecule has 1 saturated heterocycles. The molecule has 1 aliphatic heterocycles. The van der Waals surface area contributed by atoms with E-state index in [0.717, 1.165) is 42.6 Å². The normalized spacial score (nSPS) is 18.4. The molecule has 20 heavy (non-hydrogen) atoms. The highest BCUT2D eigenvalue weighted by Crippen LogP contribution is 2.21. The molecule has 5 heteroatoms. The highest BCUT2D eigenvalue weighted by molar-refractivity contribution is 9.10. The standard InChI is InChI=1S/C15H21BrN2O2/c1-18(9-8-12-5-4-10-20-12)11-15(19)17-14-7-3-2-6-13(14)16/h2-3,6-7,12H,4-5,8-11H2,1H3,(H,17,19)/t12-/m1/s1. The van der Waals surface area contributed by atoms with E-state index in [2.05, 4.69) is 21.2 Å². The number of ether oxygens (including phenoxy) is 1. The molecule has 1 aromatic rings. The van der Waals surface area contributed by atoms with Crippen molar-refractivity contribution in [3.05, 3.63) is 28.7 Å². The number of rotatable bonds is 6. The Labute approximate surface area is 128 Å². The lowest BCUT2D eigenvalue weighted by Crippen LogP contribution is -2.32. The Morgan fingerprint density at radius 3 is 3.00 bits per heavy atom. The van der Waals surface area contributed by atoms with Crippen molar-refractivity contribution in [1.29, 1.82) is 0 Å². The first-order valence-corrected chi connectivity index (χ1v) is 7.79. The van der Waals surface area contributed by atoms with Gasteiger partial charge in [0.25, 0.3) is 0 Å². The summed E-state index contributed by atoms with van der Waals surface area (Å²) in [4.78, 5) is 14.0. The monoisotopic (exact) mass is 340 g/mol. The highest BCUT2D eigenvalue weighted by Gasteiger charge is 2.16. The van der Waals surface area contributed by atoms with Crippen molar-refractivity contribution in [2.24, 2.45) is 0 Å². The molecule has 0 bridgehead atoms. The zero-order valence-corrected chi connectivity index (χ0v) is 13.4. The molecule has 0 radical (unpaired) electrons. The third kappa shape index (κ3) is 4.89. The van der Waals surface area contributed by atoms with Crippen LogP contribution in [0.3, 0.4) is 0 Å². The van der Waals surface area contributed by atoms with E-state index in [1.54, 1.807) is 0 Å². The lowest BCUT2D eigenvalue weighted by molar-refractivity contribution is -0.117. The molecule has 0 saturated carbocycles. The van der Waals surface area contributed by atoms with E-state index >= 15 is 0 Å². The fourth-order valence-corrected chi connectivity index (χ4v) is 2.70. The lowest BCUT2D eigenvalue weighted by atomic mass is 10.2. The van der Waals surface area contributed by atoms with Crippen molar-refractivity contribution in [3.63, 3.8) is 0 Å². The summed E-state index contributed by atoms with van der Waals surface area (Å²) in [6.07, 6.45) is 3.69. The number of anilines is 1. The van der Waals surface area contributed by atoms with Gasteiger partial charge in [-0.3, -0.25) is 9.69 Å². The van der Waals surface area contributed by atoms with Crippen LogP contribution in [0.2, 0.25) is 0 Å². The molecule has 1 aromatic carbocycles. The predicted molar refractivity (Wildman–Crippen MR) is 83.9 cm³/mol. The van der Waals surface area contributed by atoms with Crippen molar-refractivity contribution in [3.8, 4) is 0 Å². The third-order valence-electron chi connectivity index (χ3n) is 3.42. The number of hydrogen-bond acceptors (Lipinski definition) is 3. The van der Waals surface area contributed by atoms with E-state index in [4.69, 9.17) is 4.74 Å². The van der Waals surface area contributed by atoms with E-state index in [1.807, 2.05) is 36.2 Å². The quantitative estimate of drug-likeness (QED) is 0.865. The average molecular weight is 341 g/mol. The maximum absolute atomic E-state index is 12.0. The number of carbonyl (C=O) groups is 1. The van der Waals surface area contributed by atoms with E-state index in [-0.39, 0.29) is 5.91 Å². The first kappa shape index (κ1) is 15.5. The number of carbonyl (C=O) groups excluding carboxylic acids is 1. The molecule has 1 amide bonds. The zero-order chi connectivity index (χ0) is 14.4. The number of amides is 1. The molecule has 1 fully saturated rings. The number of nitrogens with one attached hydrogen (secondary N) is 1. The molecule has 2 rings (SSSR count). The van der Waals surface area contributed by atoms with E-state index in [1.165, 1.54) is 0 Å². The van der Waals surface area contributed by atoms with Crippen LogP contribution < -0.4 is 5.32 Å². The van der Waals surface area contributed by atoms with Crippen molar-refractivity contribution >= 4 is 27.5 Å². The van der Waals surface area contributed by atoms with Gasteiger partial charge in [0, 0.05) is 17.6 Å². The molecule has 1 heterocycles. The minimum Gasteiger partial charge on any atom is -0.378 e. The van der Waals surface area contributed by atoms with Crippen LogP contribution in [0.1, 0.15) is 19.3 Å². The minimum absolute atomic E-state index is 0.00624. The van der Waals surface area contributed by atoms with E-state index in [9.17, 15) is 4.79 Å². The summed E-state index contributed by atoms with van der Waals surface area (Å²) < 4.78 is 6.48. The zero-order valence-electron chi connectivity index (χ0n) is 11.8. The molecular formula is C15H21BrN2O2. The molecule has 1 aliphatic rings. The fraction of sp³-hybridized carbons (Fsp3) is 0.533. The minimum atomic E-state index is 0.00624. The van der Waals surface area contributed by atoms with E-state index in [0.29, 0.717) is 12.6 Å². The van der Waals surface area contributed by atoms with Gasteiger partial charge in [0.05, 0.1) is 18.3 Å². The van der Waals surface area contributed by atoms with Crippen molar-refractivity contribution in [1.82, 2.24) is 4.90 Å². The largest absolute Gasteiger partial charge is 0.378 e. The van der Waals surface area contributed by atoms with Crippen molar-refractivity contribution in [2.45, 2.75) is 25.4 Å². The van der Waals surface area contributed by atoms with Crippen LogP contribution in [0.15, 0.2) is 28.7 Å². The van der Waals surface area contributed by atoms with Gasteiger partial charge in [-0.1, -0.05) is 12.1 Å². The molecule has 0 aromatic heterocycles. The van der Waals surface area contributed by atoms with Gasteiger partial charge in [-0.2, -0.15) is 0 Å². The van der Waals surface area contributed by atoms with Crippen molar-refractivity contribution < 1.29 is 9.53 Å². The Hall–Kier alpha value is -0.910. The molecular weight excluding hydrogens is 320 g/mol. The van der Waals surface area contributed by atoms with Gasteiger partial charge >= 0.3 is 0 Å². The molecule has 0 spiro atoms. The van der Waals surface area contributed by atoms with Crippen LogP contribution in [0.25, 0.3) is 0 Å². The highest BCUT2D eigenvalue weighted by atomic mass is 79.9. The molecule has 1 atom stereocenters. The first-order chi connectivity index (χ1) is 9.65. The second-order valence-electron chi connectivity index (χ2n) is 5.19. The summed E-state index contributed by atoms with van der Waals surface area (Å²) in [6, 6.07) is 7.63. The number of halogens is 1. The van der Waals surface area contributed by atoms with Gasteiger partial charge in [0.1, 0.15) is 0 Å². The Bertz CT molecular complexity index is 447.